The van der Waals surface area contributed by atoms with E-state index in [0.29, 0.717) is 17.7 Å². The van der Waals surface area contributed by atoms with Gasteiger partial charge in [0.2, 0.25) is 0 Å². The Morgan fingerprint density at radius 3 is 2.50 bits per heavy atom. The summed E-state index contributed by atoms with van der Waals surface area (Å²) in [4.78, 5) is 26.5. The molecule has 0 spiro atoms. The first kappa shape index (κ1) is 17.9. The number of methoxy groups -OCH3 is 1. The van der Waals surface area contributed by atoms with Gasteiger partial charge >= 0.3 is 0 Å². The fraction of sp³-hybridized carbons (Fsp3) is 0.182. The van der Waals surface area contributed by atoms with Gasteiger partial charge in [0.25, 0.3) is 11.8 Å². The predicted molar refractivity (Wildman–Crippen MR) is 106 cm³/mol. The lowest BCUT2D eigenvalue weighted by Crippen LogP contribution is -2.33. The van der Waals surface area contributed by atoms with Crippen molar-refractivity contribution in [2.24, 2.45) is 7.05 Å². The van der Waals surface area contributed by atoms with Crippen LogP contribution in [-0.2, 0) is 23.1 Å². The van der Waals surface area contributed by atoms with E-state index in [2.05, 4.69) is 0 Å². The number of ether oxygens (including phenoxy) is 1. The van der Waals surface area contributed by atoms with Crippen molar-refractivity contribution in [1.82, 2.24) is 9.47 Å². The van der Waals surface area contributed by atoms with Crippen LogP contribution in [0.4, 0.5) is 0 Å². The number of aryl methyl sites for hydroxylation is 1. The van der Waals surface area contributed by atoms with Crippen LogP contribution in [0.1, 0.15) is 11.1 Å². The van der Waals surface area contributed by atoms with Gasteiger partial charge in [0.15, 0.2) is 5.76 Å². The number of fused-ring (bicyclic) bond motifs is 1. The Hall–Kier alpha value is -3.54. The molecule has 0 radical (unpaired) electrons. The molecule has 28 heavy (non-hydrogen) atoms. The zero-order chi connectivity index (χ0) is 19.8. The average Bonchev–Trinajstić information content (AvgIpc) is 3.14. The molecule has 2 amide bonds. The number of hydrogen-bond acceptors (Lipinski definition) is 4. The minimum absolute atomic E-state index is 0.0135. The maximum atomic E-state index is 12.9. The number of para-hydroxylation sites is 2. The fourth-order valence-electron chi connectivity index (χ4n) is 3.72. The second-order valence-corrected chi connectivity index (χ2v) is 6.72. The number of carbonyl (C=O) groups excluding carboxylic acids is 2. The van der Waals surface area contributed by atoms with E-state index in [9.17, 15) is 14.7 Å². The molecule has 0 aliphatic carbocycles. The fourth-order valence-corrected chi connectivity index (χ4v) is 3.72. The number of carbonyl (C=O) groups is 2. The van der Waals surface area contributed by atoms with E-state index >= 15 is 0 Å². The number of imide groups is 1. The van der Waals surface area contributed by atoms with Crippen molar-refractivity contribution in [2.75, 3.05) is 13.7 Å². The molecule has 0 saturated carbocycles. The highest BCUT2D eigenvalue weighted by molar-refractivity contribution is 6.35. The van der Waals surface area contributed by atoms with Gasteiger partial charge in [-0.2, -0.15) is 0 Å². The van der Waals surface area contributed by atoms with E-state index in [0.717, 1.165) is 21.4 Å². The van der Waals surface area contributed by atoms with Crippen molar-refractivity contribution in [3.8, 4) is 5.75 Å². The molecule has 0 bridgehead atoms. The summed E-state index contributed by atoms with van der Waals surface area (Å²) in [6, 6.07) is 14.8. The summed E-state index contributed by atoms with van der Waals surface area (Å²) >= 11 is 0. The van der Waals surface area contributed by atoms with Gasteiger partial charge in [0.05, 0.1) is 12.7 Å². The Bertz CT molecular complexity index is 1130. The van der Waals surface area contributed by atoms with Crippen LogP contribution in [0.15, 0.2) is 60.5 Å². The first-order chi connectivity index (χ1) is 13.5. The van der Waals surface area contributed by atoms with E-state index in [1.54, 1.807) is 24.3 Å². The Balaban J connectivity index is 1.61. The van der Waals surface area contributed by atoms with Gasteiger partial charge in [-0.25, -0.2) is 0 Å². The van der Waals surface area contributed by atoms with Crippen molar-refractivity contribution < 1.29 is 19.4 Å². The van der Waals surface area contributed by atoms with Gasteiger partial charge < -0.3 is 14.4 Å². The van der Waals surface area contributed by atoms with Crippen molar-refractivity contribution >= 4 is 28.3 Å². The highest BCUT2D eigenvalue weighted by Crippen LogP contribution is 2.33. The standard InChI is InChI=1S/C22H20N2O4/c1-23-13-14(15-7-3-5-9-17(15)23)11-12-24-21(26)19(20(25)22(24)27)16-8-4-6-10-18(16)28-2/h3-10,13,25H,11-12H2,1-2H3. The lowest BCUT2D eigenvalue weighted by Gasteiger charge is -2.14. The van der Waals surface area contributed by atoms with Crippen molar-refractivity contribution in [3.05, 3.63) is 71.6 Å². The maximum Gasteiger partial charge on any atom is 0.296 e. The van der Waals surface area contributed by atoms with Crippen molar-refractivity contribution in [1.29, 1.82) is 0 Å². The SMILES string of the molecule is COc1ccccc1C1=C(O)C(=O)N(CCc2cn(C)c3ccccc23)C1=O. The van der Waals surface area contributed by atoms with E-state index in [4.69, 9.17) is 4.74 Å². The van der Waals surface area contributed by atoms with Gasteiger partial charge in [-0.05, 0) is 24.1 Å². The van der Waals surface area contributed by atoms with E-state index < -0.39 is 17.6 Å². The van der Waals surface area contributed by atoms with Gasteiger partial charge in [-0.3, -0.25) is 14.5 Å². The molecule has 0 saturated heterocycles. The highest BCUT2D eigenvalue weighted by Gasteiger charge is 2.40. The molecular weight excluding hydrogens is 356 g/mol. The summed E-state index contributed by atoms with van der Waals surface area (Å²) in [6.07, 6.45) is 2.51. The number of aliphatic hydroxyl groups excluding tert-OH is 1. The molecule has 1 N–H and O–H groups in total. The molecule has 4 rings (SSSR count). The maximum absolute atomic E-state index is 12.9. The first-order valence-corrected chi connectivity index (χ1v) is 8.98. The Labute approximate surface area is 162 Å². The lowest BCUT2D eigenvalue weighted by molar-refractivity contribution is -0.138. The normalized spacial score (nSPS) is 14.4. The summed E-state index contributed by atoms with van der Waals surface area (Å²) < 4.78 is 7.30. The number of aliphatic hydroxyl groups is 1. The number of benzene rings is 2. The molecule has 3 aromatic rings. The second kappa shape index (κ2) is 6.88. The van der Waals surface area contributed by atoms with Gasteiger partial charge in [0.1, 0.15) is 5.75 Å². The predicted octanol–water partition coefficient (Wildman–Crippen LogP) is 3.07. The van der Waals surface area contributed by atoms with Crippen LogP contribution in [0, 0.1) is 0 Å². The third-order valence-corrected chi connectivity index (χ3v) is 5.10. The average molecular weight is 376 g/mol. The summed E-state index contributed by atoms with van der Waals surface area (Å²) in [5.74, 6) is -1.29. The van der Waals surface area contributed by atoms with E-state index in [-0.39, 0.29) is 12.1 Å². The summed E-state index contributed by atoms with van der Waals surface area (Å²) in [5.41, 5.74) is 2.53. The van der Waals surface area contributed by atoms with E-state index in [1.165, 1.54) is 7.11 Å². The number of rotatable bonds is 5. The smallest absolute Gasteiger partial charge is 0.296 e. The van der Waals surface area contributed by atoms with E-state index in [1.807, 2.05) is 42.1 Å². The number of amides is 2. The Morgan fingerprint density at radius 1 is 1.00 bits per heavy atom. The topological polar surface area (TPSA) is 71.8 Å². The molecule has 2 heterocycles. The largest absolute Gasteiger partial charge is 0.502 e. The zero-order valence-corrected chi connectivity index (χ0v) is 15.7. The Morgan fingerprint density at radius 2 is 1.71 bits per heavy atom. The molecule has 1 aromatic heterocycles. The molecule has 0 unspecified atom stereocenters. The van der Waals surface area contributed by atoms with Crippen LogP contribution in [0.5, 0.6) is 5.75 Å². The monoisotopic (exact) mass is 376 g/mol. The van der Waals surface area contributed by atoms with Crippen molar-refractivity contribution in [3.63, 3.8) is 0 Å². The quantitative estimate of drug-likeness (QED) is 0.695. The van der Waals surface area contributed by atoms with Crippen LogP contribution >= 0.6 is 0 Å². The highest BCUT2D eigenvalue weighted by atomic mass is 16.5. The molecule has 6 heteroatoms. The summed E-state index contributed by atoms with van der Waals surface area (Å²) in [5, 5.41) is 11.4. The minimum atomic E-state index is -0.675. The molecule has 1 aliphatic heterocycles. The molecule has 142 valence electrons. The molecule has 2 aromatic carbocycles. The van der Waals surface area contributed by atoms with Crippen LogP contribution in [0.2, 0.25) is 0 Å². The number of nitrogens with zero attached hydrogens (tertiary/aromatic N) is 2. The van der Waals surface area contributed by atoms with Crippen LogP contribution in [0.25, 0.3) is 16.5 Å². The van der Waals surface area contributed by atoms with Gasteiger partial charge in [0, 0.05) is 36.3 Å². The molecule has 0 fully saturated rings. The van der Waals surface area contributed by atoms with Crippen LogP contribution < -0.4 is 4.74 Å². The van der Waals surface area contributed by atoms with Crippen molar-refractivity contribution in [2.45, 2.75) is 6.42 Å². The van der Waals surface area contributed by atoms with Crippen LogP contribution in [-0.4, -0.2) is 40.0 Å². The Kier molecular flexibility index (Phi) is 4.39. The molecule has 1 aliphatic rings. The minimum Gasteiger partial charge on any atom is -0.502 e. The lowest BCUT2D eigenvalue weighted by atomic mass is 10.0. The van der Waals surface area contributed by atoms with Crippen LogP contribution in [0.3, 0.4) is 0 Å². The molecule has 0 atom stereocenters. The summed E-state index contributed by atoms with van der Waals surface area (Å²) in [7, 11) is 3.45. The second-order valence-electron chi connectivity index (χ2n) is 6.72. The summed E-state index contributed by atoms with van der Waals surface area (Å²) in [6.45, 7) is 0.189. The number of aromatic nitrogens is 1. The molecular formula is C22H20N2O4. The third-order valence-electron chi connectivity index (χ3n) is 5.10. The first-order valence-electron chi connectivity index (χ1n) is 8.98. The van der Waals surface area contributed by atoms with Gasteiger partial charge in [-0.15, -0.1) is 0 Å². The van der Waals surface area contributed by atoms with Gasteiger partial charge in [-0.1, -0.05) is 36.4 Å². The number of hydrogen-bond donors (Lipinski definition) is 1. The zero-order valence-electron chi connectivity index (χ0n) is 15.7. The molecule has 6 nitrogen and oxygen atoms in total. The third kappa shape index (κ3) is 2.74.